The van der Waals surface area contributed by atoms with Crippen LogP contribution in [0, 0.1) is 0 Å². The number of nitrogens with one attached hydrogen (secondary N) is 1. The molecule has 0 aliphatic rings. The Balaban J connectivity index is 1.65. The highest BCUT2D eigenvalue weighted by molar-refractivity contribution is 6.04. The van der Waals surface area contributed by atoms with Crippen molar-refractivity contribution in [2.45, 2.75) is 0 Å². The molecule has 1 amide bonds. The van der Waals surface area contributed by atoms with Crippen LogP contribution in [-0.2, 0) is 4.79 Å². The van der Waals surface area contributed by atoms with E-state index in [-0.39, 0.29) is 5.91 Å². The van der Waals surface area contributed by atoms with Crippen LogP contribution in [0.1, 0.15) is 10.4 Å². The molecule has 1 heterocycles. The van der Waals surface area contributed by atoms with Crippen LogP contribution in [0.5, 0.6) is 5.75 Å². The van der Waals surface area contributed by atoms with Crippen LogP contribution in [0.25, 0.3) is 11.1 Å². The van der Waals surface area contributed by atoms with Crippen molar-refractivity contribution in [3.8, 4) is 16.9 Å². The number of hydrogen-bond acceptors (Lipinski definition) is 5. The second kappa shape index (κ2) is 8.01. The quantitative estimate of drug-likeness (QED) is 0.620. The molecule has 2 aromatic carbocycles. The number of carbonyl (C=O) groups excluding carboxylic acids is 1. The fourth-order valence-electron chi connectivity index (χ4n) is 2.42. The monoisotopic (exact) mass is 363 g/mol. The van der Waals surface area contributed by atoms with Crippen molar-refractivity contribution in [1.29, 1.82) is 0 Å². The SMILES string of the molecule is Nc1cc(-c2ccc(C(=O)Nc3ccc(OCC(=O)O)cc3)cc2)ccn1. The maximum absolute atomic E-state index is 12.4. The highest BCUT2D eigenvalue weighted by atomic mass is 16.5. The number of amides is 1. The Morgan fingerprint density at radius 1 is 1.00 bits per heavy atom. The first-order valence-corrected chi connectivity index (χ1v) is 8.09. The summed E-state index contributed by atoms with van der Waals surface area (Å²) in [6.07, 6.45) is 1.63. The lowest BCUT2D eigenvalue weighted by Gasteiger charge is -2.08. The first-order valence-electron chi connectivity index (χ1n) is 8.09. The zero-order chi connectivity index (χ0) is 19.2. The molecule has 7 heteroatoms. The molecule has 136 valence electrons. The number of ether oxygens (including phenoxy) is 1. The second-order valence-electron chi connectivity index (χ2n) is 5.71. The van der Waals surface area contributed by atoms with E-state index in [4.69, 9.17) is 15.6 Å². The van der Waals surface area contributed by atoms with Crippen LogP contribution in [0.4, 0.5) is 11.5 Å². The largest absolute Gasteiger partial charge is 0.482 e. The number of nitrogen functional groups attached to an aromatic ring is 1. The number of carboxylic acids is 1. The van der Waals surface area contributed by atoms with Crippen molar-refractivity contribution in [2.24, 2.45) is 0 Å². The third-order valence-electron chi connectivity index (χ3n) is 3.74. The molecule has 1 aromatic heterocycles. The number of aliphatic carboxylic acids is 1. The molecule has 0 unspecified atom stereocenters. The molecule has 0 fully saturated rings. The Morgan fingerprint density at radius 3 is 2.33 bits per heavy atom. The predicted octanol–water partition coefficient (Wildman–Crippen LogP) is 3.05. The molecule has 0 radical (unpaired) electrons. The summed E-state index contributed by atoms with van der Waals surface area (Å²) in [5.74, 6) is -0.457. The molecule has 0 saturated heterocycles. The second-order valence-corrected chi connectivity index (χ2v) is 5.71. The van der Waals surface area contributed by atoms with E-state index in [1.165, 1.54) is 0 Å². The number of rotatable bonds is 6. The summed E-state index contributed by atoms with van der Waals surface area (Å²) in [5.41, 5.74) is 8.63. The fourth-order valence-corrected chi connectivity index (χ4v) is 2.42. The molecule has 27 heavy (non-hydrogen) atoms. The first kappa shape index (κ1) is 17.9. The topological polar surface area (TPSA) is 115 Å². The van der Waals surface area contributed by atoms with E-state index < -0.39 is 12.6 Å². The maximum Gasteiger partial charge on any atom is 0.341 e. The third kappa shape index (κ3) is 4.82. The molecule has 0 aliphatic carbocycles. The van der Waals surface area contributed by atoms with E-state index in [1.54, 1.807) is 48.7 Å². The molecule has 4 N–H and O–H groups in total. The first-order chi connectivity index (χ1) is 13.0. The molecular formula is C20H17N3O4. The lowest BCUT2D eigenvalue weighted by Crippen LogP contribution is -2.12. The van der Waals surface area contributed by atoms with E-state index in [9.17, 15) is 9.59 Å². The van der Waals surface area contributed by atoms with E-state index >= 15 is 0 Å². The van der Waals surface area contributed by atoms with Crippen molar-refractivity contribution in [2.75, 3.05) is 17.7 Å². The van der Waals surface area contributed by atoms with Crippen molar-refractivity contribution in [3.05, 3.63) is 72.4 Å². The highest BCUT2D eigenvalue weighted by Crippen LogP contribution is 2.21. The van der Waals surface area contributed by atoms with E-state index in [1.807, 2.05) is 18.2 Å². The Bertz CT molecular complexity index is 954. The zero-order valence-electron chi connectivity index (χ0n) is 14.3. The van der Waals surface area contributed by atoms with Gasteiger partial charge in [0.15, 0.2) is 6.61 Å². The summed E-state index contributed by atoms with van der Waals surface area (Å²) in [6.45, 7) is -0.415. The highest BCUT2D eigenvalue weighted by Gasteiger charge is 2.07. The van der Waals surface area contributed by atoms with Crippen molar-refractivity contribution < 1.29 is 19.4 Å². The minimum atomic E-state index is -1.05. The summed E-state index contributed by atoms with van der Waals surface area (Å²) in [4.78, 5) is 26.8. The smallest absolute Gasteiger partial charge is 0.341 e. The normalized spacial score (nSPS) is 10.2. The average molecular weight is 363 g/mol. The Kier molecular flexibility index (Phi) is 5.32. The lowest BCUT2D eigenvalue weighted by molar-refractivity contribution is -0.139. The van der Waals surface area contributed by atoms with Crippen LogP contribution in [0.15, 0.2) is 66.9 Å². The molecule has 3 aromatic rings. The standard InChI is InChI=1S/C20H17N3O4/c21-18-11-15(9-10-22-18)13-1-3-14(4-2-13)20(26)23-16-5-7-17(8-6-16)27-12-19(24)25/h1-11H,12H2,(H2,21,22)(H,23,26)(H,24,25). The van der Waals surface area contributed by atoms with Crippen molar-refractivity contribution in [1.82, 2.24) is 4.98 Å². The van der Waals surface area contributed by atoms with Crippen LogP contribution >= 0.6 is 0 Å². The van der Waals surface area contributed by atoms with Crippen molar-refractivity contribution in [3.63, 3.8) is 0 Å². The van der Waals surface area contributed by atoms with Crippen LogP contribution < -0.4 is 15.8 Å². The maximum atomic E-state index is 12.4. The Morgan fingerprint density at radius 2 is 1.70 bits per heavy atom. The van der Waals surface area contributed by atoms with Crippen molar-refractivity contribution >= 4 is 23.4 Å². The minimum absolute atomic E-state index is 0.255. The minimum Gasteiger partial charge on any atom is -0.482 e. The number of hydrogen-bond donors (Lipinski definition) is 3. The van der Waals surface area contributed by atoms with Gasteiger partial charge in [-0.3, -0.25) is 4.79 Å². The van der Waals surface area contributed by atoms with Crippen LogP contribution in [0.3, 0.4) is 0 Å². The predicted molar refractivity (Wildman–Crippen MR) is 102 cm³/mol. The Hall–Kier alpha value is -3.87. The fraction of sp³-hybridized carbons (Fsp3) is 0.0500. The third-order valence-corrected chi connectivity index (χ3v) is 3.74. The zero-order valence-corrected chi connectivity index (χ0v) is 14.3. The number of nitrogens with two attached hydrogens (primary N) is 1. The summed E-state index contributed by atoms with van der Waals surface area (Å²) in [6, 6.07) is 17.2. The summed E-state index contributed by atoms with van der Waals surface area (Å²) in [5, 5.41) is 11.4. The van der Waals surface area contributed by atoms with Gasteiger partial charge in [-0.15, -0.1) is 0 Å². The van der Waals surface area contributed by atoms with E-state index in [0.29, 0.717) is 22.8 Å². The molecule has 0 atom stereocenters. The van der Waals surface area contributed by atoms with Gasteiger partial charge in [-0.1, -0.05) is 12.1 Å². The van der Waals surface area contributed by atoms with E-state index in [0.717, 1.165) is 11.1 Å². The summed E-state index contributed by atoms with van der Waals surface area (Å²) in [7, 11) is 0. The van der Waals surface area contributed by atoms with Gasteiger partial charge in [-0.25, -0.2) is 9.78 Å². The van der Waals surface area contributed by atoms with Crippen LogP contribution in [0.2, 0.25) is 0 Å². The lowest BCUT2D eigenvalue weighted by atomic mass is 10.0. The van der Waals surface area contributed by atoms with Crippen LogP contribution in [-0.4, -0.2) is 28.6 Å². The number of pyridine rings is 1. The number of carbonyl (C=O) groups is 2. The molecular weight excluding hydrogens is 346 g/mol. The molecule has 7 nitrogen and oxygen atoms in total. The summed E-state index contributed by atoms with van der Waals surface area (Å²) < 4.78 is 5.05. The molecule has 3 rings (SSSR count). The average Bonchev–Trinajstić information content (AvgIpc) is 2.67. The molecule has 0 bridgehead atoms. The van der Waals surface area contributed by atoms with Gasteiger partial charge in [0.2, 0.25) is 0 Å². The number of benzene rings is 2. The van der Waals surface area contributed by atoms with Gasteiger partial charge in [0, 0.05) is 17.4 Å². The molecule has 0 spiro atoms. The molecule has 0 aliphatic heterocycles. The Labute approximate surface area is 155 Å². The number of nitrogens with zero attached hydrogens (tertiary/aromatic N) is 1. The number of carboxylic acid groups (broad SMARTS) is 1. The number of anilines is 2. The van der Waals surface area contributed by atoms with Gasteiger partial charge in [0.25, 0.3) is 5.91 Å². The van der Waals surface area contributed by atoms with E-state index in [2.05, 4.69) is 10.3 Å². The van der Waals surface area contributed by atoms with Gasteiger partial charge in [-0.05, 0) is 59.7 Å². The number of aromatic nitrogens is 1. The molecule has 0 saturated carbocycles. The van der Waals surface area contributed by atoms with Gasteiger partial charge < -0.3 is 20.9 Å². The van der Waals surface area contributed by atoms with Gasteiger partial charge in [-0.2, -0.15) is 0 Å². The summed E-state index contributed by atoms with van der Waals surface area (Å²) >= 11 is 0. The van der Waals surface area contributed by atoms with Gasteiger partial charge >= 0.3 is 5.97 Å². The van der Waals surface area contributed by atoms with Gasteiger partial charge in [0.05, 0.1) is 0 Å². The van der Waals surface area contributed by atoms with Gasteiger partial charge in [0.1, 0.15) is 11.6 Å².